The van der Waals surface area contributed by atoms with Crippen molar-refractivity contribution in [2.75, 3.05) is 32.2 Å². The first-order valence-corrected chi connectivity index (χ1v) is 11.5. The Kier molecular flexibility index (Phi) is 5.92. The Hall–Kier alpha value is -3.90. The third kappa shape index (κ3) is 4.07. The minimum absolute atomic E-state index is 0.0167. The Bertz CT molecular complexity index is 1440. The van der Waals surface area contributed by atoms with Gasteiger partial charge in [-0.25, -0.2) is 22.4 Å². The molecule has 0 aliphatic carbocycles. The molecule has 5 rings (SSSR count). The lowest BCUT2D eigenvalue weighted by atomic mass is 10.0. The van der Waals surface area contributed by atoms with Crippen molar-refractivity contribution in [3.8, 4) is 17.0 Å². The smallest absolute Gasteiger partial charge is 0.285 e. The molecule has 10 nitrogen and oxygen atoms in total. The summed E-state index contributed by atoms with van der Waals surface area (Å²) in [5.41, 5.74) is 3.37. The van der Waals surface area contributed by atoms with E-state index in [1.807, 2.05) is 18.2 Å². The summed E-state index contributed by atoms with van der Waals surface area (Å²) in [4.78, 5) is 17.0. The number of alkyl halides is 3. The van der Waals surface area contributed by atoms with E-state index in [9.17, 15) is 18.0 Å². The Morgan fingerprint density at radius 1 is 1.33 bits per heavy atom. The van der Waals surface area contributed by atoms with Crippen molar-refractivity contribution >= 4 is 28.4 Å². The van der Waals surface area contributed by atoms with Gasteiger partial charge in [-0.15, -0.1) is 10.2 Å². The van der Waals surface area contributed by atoms with E-state index in [4.69, 9.17) is 4.74 Å². The fourth-order valence-corrected chi connectivity index (χ4v) is 4.47. The van der Waals surface area contributed by atoms with Gasteiger partial charge >= 0.3 is 0 Å². The maximum Gasteiger partial charge on any atom is 0.285 e. The van der Waals surface area contributed by atoms with E-state index in [0.29, 0.717) is 16.6 Å². The first kappa shape index (κ1) is 23.8. The number of fused-ring (bicyclic) bond motifs is 2. The normalized spacial score (nSPS) is 18.5. The molecule has 13 heteroatoms. The minimum atomic E-state index is -3.15. The third-order valence-corrected chi connectivity index (χ3v) is 6.44. The SMILES string of the molecule is COc1nc(N[C@@H]2CCN(C(C)=O)CC2(F)F)nn2ccc(-c3ccc4nnn([C@H](C)CF)c4c3)c12. The van der Waals surface area contributed by atoms with E-state index in [2.05, 4.69) is 25.7 Å². The predicted molar refractivity (Wildman–Crippen MR) is 126 cm³/mol. The summed E-state index contributed by atoms with van der Waals surface area (Å²) in [7, 11) is 1.44. The van der Waals surface area contributed by atoms with Crippen LogP contribution in [0.15, 0.2) is 30.5 Å². The molecule has 4 heterocycles. The number of anilines is 1. The van der Waals surface area contributed by atoms with E-state index in [-0.39, 0.29) is 30.7 Å². The van der Waals surface area contributed by atoms with Gasteiger partial charge in [0.05, 0.1) is 31.3 Å². The first-order chi connectivity index (χ1) is 17.2. The molecule has 0 unspecified atom stereocenters. The van der Waals surface area contributed by atoms with Crippen LogP contribution in [0, 0.1) is 0 Å². The number of aromatic nitrogens is 6. The summed E-state index contributed by atoms with van der Waals surface area (Å²) in [6, 6.07) is 5.60. The number of hydrogen-bond acceptors (Lipinski definition) is 7. The van der Waals surface area contributed by atoms with Crippen molar-refractivity contribution in [3.05, 3.63) is 30.5 Å². The first-order valence-electron chi connectivity index (χ1n) is 11.5. The standard InChI is InChI=1S/C23H25F3N8O2/c1-13(11-24)34-18-10-15(4-5-17(18)29-31-34)16-6-9-33-20(16)21(36-3)28-22(30-33)27-19-7-8-32(14(2)35)12-23(19,25)26/h4-6,9-10,13,19H,7-8,11-12H2,1-3H3,(H,27,30)/t13-,19-/m1/s1. The highest BCUT2D eigenvalue weighted by Crippen LogP contribution is 2.34. The Labute approximate surface area is 204 Å². The van der Waals surface area contributed by atoms with Crippen molar-refractivity contribution in [1.29, 1.82) is 0 Å². The van der Waals surface area contributed by atoms with Crippen LogP contribution in [-0.4, -0.2) is 79.2 Å². The predicted octanol–water partition coefficient (Wildman–Crippen LogP) is 3.35. The second-order valence-corrected chi connectivity index (χ2v) is 8.90. The molecular weight excluding hydrogens is 477 g/mol. The maximum absolute atomic E-state index is 14.7. The molecule has 0 radical (unpaired) electrons. The highest BCUT2D eigenvalue weighted by atomic mass is 19.3. The van der Waals surface area contributed by atoms with Crippen molar-refractivity contribution in [1.82, 2.24) is 34.5 Å². The lowest BCUT2D eigenvalue weighted by molar-refractivity contribution is -0.140. The van der Waals surface area contributed by atoms with Gasteiger partial charge in [-0.05, 0) is 37.1 Å². The van der Waals surface area contributed by atoms with Gasteiger partial charge in [0, 0.05) is 25.2 Å². The highest BCUT2D eigenvalue weighted by molar-refractivity contribution is 5.89. The number of amides is 1. The number of ether oxygens (including phenoxy) is 1. The molecule has 0 spiro atoms. The van der Waals surface area contributed by atoms with E-state index < -0.39 is 31.2 Å². The molecule has 1 aliphatic rings. The van der Waals surface area contributed by atoms with Crippen LogP contribution in [0.5, 0.6) is 5.88 Å². The monoisotopic (exact) mass is 502 g/mol. The van der Waals surface area contributed by atoms with Crippen molar-refractivity contribution in [2.24, 2.45) is 0 Å². The summed E-state index contributed by atoms with van der Waals surface area (Å²) in [6.45, 7) is 1.96. The molecule has 1 saturated heterocycles. The van der Waals surface area contributed by atoms with Gasteiger partial charge in [-0.3, -0.25) is 4.79 Å². The number of hydrogen-bond donors (Lipinski definition) is 1. The molecule has 3 aromatic heterocycles. The van der Waals surface area contributed by atoms with Gasteiger partial charge < -0.3 is 15.0 Å². The number of carbonyl (C=O) groups excluding carboxylic acids is 1. The number of rotatable bonds is 6. The number of nitrogens with one attached hydrogen (secondary N) is 1. The van der Waals surface area contributed by atoms with Crippen LogP contribution in [-0.2, 0) is 4.79 Å². The molecule has 1 aliphatic heterocycles. The molecule has 0 bridgehead atoms. The minimum Gasteiger partial charge on any atom is -0.479 e. The number of benzene rings is 1. The second-order valence-electron chi connectivity index (χ2n) is 8.90. The summed E-state index contributed by atoms with van der Waals surface area (Å²) in [5, 5.41) is 15.3. The fourth-order valence-electron chi connectivity index (χ4n) is 4.47. The van der Waals surface area contributed by atoms with E-state index in [1.54, 1.807) is 19.2 Å². The Morgan fingerprint density at radius 3 is 2.83 bits per heavy atom. The van der Waals surface area contributed by atoms with Crippen LogP contribution in [0.25, 0.3) is 27.7 Å². The quantitative estimate of drug-likeness (QED) is 0.431. The number of methoxy groups -OCH3 is 1. The molecule has 1 N–H and O–H groups in total. The van der Waals surface area contributed by atoms with Gasteiger partial charge in [0.15, 0.2) is 0 Å². The summed E-state index contributed by atoms with van der Waals surface area (Å²) >= 11 is 0. The molecule has 0 saturated carbocycles. The Morgan fingerprint density at radius 2 is 2.14 bits per heavy atom. The lowest BCUT2D eigenvalue weighted by Crippen LogP contribution is -2.55. The zero-order chi connectivity index (χ0) is 25.6. The summed E-state index contributed by atoms with van der Waals surface area (Å²) in [6.07, 6.45) is 1.73. The molecule has 36 heavy (non-hydrogen) atoms. The molecule has 2 atom stereocenters. The lowest BCUT2D eigenvalue weighted by Gasteiger charge is -2.38. The van der Waals surface area contributed by atoms with Crippen LogP contribution >= 0.6 is 0 Å². The zero-order valence-electron chi connectivity index (χ0n) is 20.0. The van der Waals surface area contributed by atoms with Gasteiger partial charge in [-0.1, -0.05) is 11.3 Å². The highest BCUT2D eigenvalue weighted by Gasteiger charge is 2.45. The number of carbonyl (C=O) groups is 1. The Balaban J connectivity index is 1.49. The van der Waals surface area contributed by atoms with Crippen LogP contribution in [0.2, 0.25) is 0 Å². The van der Waals surface area contributed by atoms with Crippen LogP contribution in [0.4, 0.5) is 19.1 Å². The number of likely N-dealkylation sites (tertiary alicyclic amines) is 1. The third-order valence-electron chi connectivity index (χ3n) is 6.44. The number of nitrogens with zero attached hydrogens (tertiary/aromatic N) is 7. The molecule has 1 fully saturated rings. The van der Waals surface area contributed by atoms with Crippen LogP contribution in [0.3, 0.4) is 0 Å². The average molecular weight is 503 g/mol. The molecular formula is C23H25F3N8O2. The van der Waals surface area contributed by atoms with Crippen molar-refractivity contribution in [3.63, 3.8) is 0 Å². The average Bonchev–Trinajstić information content (AvgIpc) is 3.48. The maximum atomic E-state index is 14.7. The molecule has 4 aromatic rings. The summed E-state index contributed by atoms with van der Waals surface area (Å²) in [5.74, 6) is -3.36. The van der Waals surface area contributed by atoms with Gasteiger partial charge in [-0.2, -0.15) is 4.98 Å². The molecule has 190 valence electrons. The van der Waals surface area contributed by atoms with Crippen LogP contribution in [0.1, 0.15) is 26.3 Å². The fraction of sp³-hybridized carbons (Fsp3) is 0.435. The van der Waals surface area contributed by atoms with E-state index in [0.717, 1.165) is 16.0 Å². The van der Waals surface area contributed by atoms with Gasteiger partial charge in [0.25, 0.3) is 5.92 Å². The van der Waals surface area contributed by atoms with Gasteiger partial charge in [0.2, 0.25) is 17.7 Å². The number of halogens is 3. The topological polar surface area (TPSA) is 102 Å². The zero-order valence-corrected chi connectivity index (χ0v) is 20.0. The number of piperidine rings is 1. The van der Waals surface area contributed by atoms with E-state index >= 15 is 0 Å². The van der Waals surface area contributed by atoms with Crippen molar-refractivity contribution < 1.29 is 22.7 Å². The van der Waals surface area contributed by atoms with E-state index in [1.165, 1.54) is 23.2 Å². The van der Waals surface area contributed by atoms with Gasteiger partial charge in [0.1, 0.15) is 17.7 Å². The largest absolute Gasteiger partial charge is 0.479 e. The molecule has 1 aromatic carbocycles. The van der Waals surface area contributed by atoms with Crippen molar-refractivity contribution in [2.45, 2.75) is 38.3 Å². The molecule has 1 amide bonds. The summed E-state index contributed by atoms with van der Waals surface area (Å²) < 4.78 is 51.2. The second kappa shape index (κ2) is 8.95. The van der Waals surface area contributed by atoms with Crippen LogP contribution < -0.4 is 10.1 Å².